The first-order valence-electron chi connectivity index (χ1n) is 7.65. The fourth-order valence-corrected chi connectivity index (χ4v) is 3.59. The van der Waals surface area contributed by atoms with E-state index >= 15 is 0 Å². The second kappa shape index (κ2) is 8.43. The maximum Gasteiger partial charge on any atom is 0.328 e. The van der Waals surface area contributed by atoms with Crippen LogP contribution in [0.25, 0.3) is 0 Å². The smallest absolute Gasteiger partial charge is 0.328 e. The van der Waals surface area contributed by atoms with Gasteiger partial charge in [0.2, 0.25) is 0 Å². The van der Waals surface area contributed by atoms with Crippen LogP contribution in [-0.2, 0) is 19.4 Å². The van der Waals surface area contributed by atoms with Crippen molar-refractivity contribution in [2.24, 2.45) is 0 Å². The molecule has 1 atom stereocenters. The van der Waals surface area contributed by atoms with E-state index in [1.165, 1.54) is 19.2 Å². The Labute approximate surface area is 146 Å². The van der Waals surface area contributed by atoms with Crippen molar-refractivity contribution >= 4 is 21.7 Å². The highest BCUT2D eigenvalue weighted by Gasteiger charge is 2.25. The second-order valence-corrected chi connectivity index (χ2v) is 7.44. The van der Waals surface area contributed by atoms with E-state index in [4.69, 9.17) is 0 Å². The minimum absolute atomic E-state index is 0.0809. The molecule has 0 aliphatic carbocycles. The average Bonchev–Trinajstić information content (AvgIpc) is 2.65. The van der Waals surface area contributed by atoms with Gasteiger partial charge in [-0.05, 0) is 30.7 Å². The summed E-state index contributed by atoms with van der Waals surface area (Å²) in [5, 5.41) is 2.53. The standard InChI is InChI=1S/C18H19NO5S/c1-24-18(21)16(19-17(20)14-8-4-2-5-9-14)12-13-25(22,23)15-10-6-3-7-11-15/h2-11,16H,12-13H2,1H3,(H,19,20)/t16-/m1/s1. The SMILES string of the molecule is COC(=O)[C@@H](CCS(=O)(=O)c1ccccc1)NC(=O)c1ccccc1. The molecule has 0 aliphatic heterocycles. The van der Waals surface area contributed by atoms with E-state index < -0.39 is 27.8 Å². The lowest BCUT2D eigenvalue weighted by Gasteiger charge is -2.16. The number of ether oxygens (including phenoxy) is 1. The summed E-state index contributed by atoms with van der Waals surface area (Å²) >= 11 is 0. The van der Waals surface area contributed by atoms with Crippen LogP contribution in [0.15, 0.2) is 65.6 Å². The van der Waals surface area contributed by atoms with Crippen LogP contribution < -0.4 is 5.32 Å². The summed E-state index contributed by atoms with van der Waals surface area (Å²) in [5.41, 5.74) is 0.377. The van der Waals surface area contributed by atoms with Gasteiger partial charge in [0.15, 0.2) is 9.84 Å². The molecule has 1 N–H and O–H groups in total. The molecule has 0 saturated carbocycles. The zero-order valence-electron chi connectivity index (χ0n) is 13.7. The van der Waals surface area contributed by atoms with Gasteiger partial charge in [-0.3, -0.25) is 4.79 Å². The van der Waals surface area contributed by atoms with Gasteiger partial charge in [-0.15, -0.1) is 0 Å². The number of rotatable bonds is 7. The van der Waals surface area contributed by atoms with Crippen LogP contribution in [0, 0.1) is 0 Å². The van der Waals surface area contributed by atoms with Gasteiger partial charge in [-0.1, -0.05) is 36.4 Å². The Morgan fingerprint density at radius 2 is 1.56 bits per heavy atom. The van der Waals surface area contributed by atoms with Crippen LogP contribution in [-0.4, -0.2) is 39.2 Å². The molecule has 0 bridgehead atoms. The van der Waals surface area contributed by atoms with Crippen molar-refractivity contribution in [3.8, 4) is 0 Å². The van der Waals surface area contributed by atoms with E-state index in [-0.39, 0.29) is 17.1 Å². The van der Waals surface area contributed by atoms with Gasteiger partial charge in [-0.25, -0.2) is 13.2 Å². The highest BCUT2D eigenvalue weighted by atomic mass is 32.2. The quantitative estimate of drug-likeness (QED) is 0.760. The Bertz CT molecular complexity index is 819. The first-order valence-corrected chi connectivity index (χ1v) is 9.31. The first kappa shape index (κ1) is 18.7. The molecule has 132 valence electrons. The largest absolute Gasteiger partial charge is 0.467 e. The number of esters is 1. The highest BCUT2D eigenvalue weighted by molar-refractivity contribution is 7.91. The van der Waals surface area contributed by atoms with Crippen molar-refractivity contribution in [2.75, 3.05) is 12.9 Å². The molecule has 0 radical (unpaired) electrons. The van der Waals surface area contributed by atoms with Crippen LogP contribution in [0.5, 0.6) is 0 Å². The molecule has 1 amide bonds. The van der Waals surface area contributed by atoms with Crippen LogP contribution in [0.4, 0.5) is 0 Å². The Morgan fingerprint density at radius 1 is 1.00 bits per heavy atom. The van der Waals surface area contributed by atoms with Gasteiger partial charge >= 0.3 is 5.97 Å². The predicted octanol–water partition coefficient (Wildman–Crippen LogP) is 1.82. The van der Waals surface area contributed by atoms with Crippen molar-refractivity contribution in [2.45, 2.75) is 17.4 Å². The van der Waals surface area contributed by atoms with Crippen LogP contribution in [0.3, 0.4) is 0 Å². The highest BCUT2D eigenvalue weighted by Crippen LogP contribution is 2.13. The van der Waals surface area contributed by atoms with Gasteiger partial charge in [0.1, 0.15) is 6.04 Å². The van der Waals surface area contributed by atoms with Crippen molar-refractivity contribution in [3.05, 3.63) is 66.2 Å². The Morgan fingerprint density at radius 3 is 2.12 bits per heavy atom. The lowest BCUT2D eigenvalue weighted by atomic mass is 10.1. The molecule has 0 aromatic heterocycles. The Hall–Kier alpha value is -2.67. The number of amides is 1. The molecule has 0 saturated heterocycles. The molecular weight excluding hydrogens is 342 g/mol. The average molecular weight is 361 g/mol. The molecular formula is C18H19NO5S. The monoisotopic (exact) mass is 361 g/mol. The number of carbonyl (C=O) groups is 2. The minimum atomic E-state index is -3.56. The maximum absolute atomic E-state index is 12.3. The van der Waals surface area contributed by atoms with Gasteiger partial charge in [0.05, 0.1) is 17.8 Å². The number of benzene rings is 2. The number of hydrogen-bond donors (Lipinski definition) is 1. The van der Waals surface area contributed by atoms with Gasteiger partial charge in [-0.2, -0.15) is 0 Å². The molecule has 6 nitrogen and oxygen atoms in total. The third-order valence-corrected chi connectivity index (χ3v) is 5.37. The summed E-state index contributed by atoms with van der Waals surface area (Å²) in [4.78, 5) is 24.3. The summed E-state index contributed by atoms with van der Waals surface area (Å²) < 4.78 is 29.3. The number of nitrogens with one attached hydrogen (secondary N) is 1. The molecule has 25 heavy (non-hydrogen) atoms. The number of hydrogen-bond acceptors (Lipinski definition) is 5. The summed E-state index contributed by atoms with van der Waals surface area (Å²) in [6, 6.07) is 15.3. The maximum atomic E-state index is 12.3. The normalized spacial score (nSPS) is 12.2. The fourth-order valence-electron chi connectivity index (χ4n) is 2.24. The number of methoxy groups -OCH3 is 1. The van der Waals surface area contributed by atoms with Crippen molar-refractivity contribution in [1.29, 1.82) is 0 Å². The fraction of sp³-hybridized carbons (Fsp3) is 0.222. The molecule has 2 aromatic rings. The van der Waals surface area contributed by atoms with Crippen LogP contribution in [0.1, 0.15) is 16.8 Å². The van der Waals surface area contributed by atoms with Crippen molar-refractivity contribution in [3.63, 3.8) is 0 Å². The minimum Gasteiger partial charge on any atom is -0.467 e. The summed E-state index contributed by atoms with van der Waals surface area (Å²) in [6.07, 6.45) is -0.0809. The zero-order chi connectivity index (χ0) is 18.3. The van der Waals surface area contributed by atoms with Crippen molar-refractivity contribution < 1.29 is 22.7 Å². The van der Waals surface area contributed by atoms with Gasteiger partial charge in [0, 0.05) is 5.56 Å². The molecule has 7 heteroatoms. The molecule has 2 aromatic carbocycles. The van der Waals surface area contributed by atoms with Gasteiger partial charge in [0.25, 0.3) is 5.91 Å². The number of carbonyl (C=O) groups excluding carboxylic acids is 2. The molecule has 0 unspecified atom stereocenters. The molecule has 0 aliphatic rings. The molecule has 0 fully saturated rings. The second-order valence-electron chi connectivity index (χ2n) is 5.34. The summed E-state index contributed by atoms with van der Waals surface area (Å²) in [6.45, 7) is 0. The summed E-state index contributed by atoms with van der Waals surface area (Å²) in [7, 11) is -2.37. The third-order valence-electron chi connectivity index (χ3n) is 3.60. The molecule has 0 spiro atoms. The van der Waals surface area contributed by atoms with Crippen LogP contribution >= 0.6 is 0 Å². The summed E-state index contributed by atoms with van der Waals surface area (Å²) in [5.74, 6) is -1.44. The van der Waals surface area contributed by atoms with E-state index in [0.29, 0.717) is 5.56 Å². The first-order chi connectivity index (χ1) is 11.9. The lowest BCUT2D eigenvalue weighted by molar-refractivity contribution is -0.142. The molecule has 0 heterocycles. The zero-order valence-corrected chi connectivity index (χ0v) is 14.5. The van der Waals surface area contributed by atoms with Gasteiger partial charge < -0.3 is 10.1 Å². The van der Waals surface area contributed by atoms with E-state index in [0.717, 1.165) is 0 Å². The lowest BCUT2D eigenvalue weighted by Crippen LogP contribution is -2.42. The Kier molecular flexibility index (Phi) is 6.30. The molecule has 2 rings (SSSR count). The van der Waals surface area contributed by atoms with E-state index in [9.17, 15) is 18.0 Å². The predicted molar refractivity (Wildman–Crippen MR) is 92.8 cm³/mol. The topological polar surface area (TPSA) is 89.5 Å². The van der Waals surface area contributed by atoms with E-state index in [1.807, 2.05) is 0 Å². The number of sulfone groups is 1. The van der Waals surface area contributed by atoms with Crippen LogP contribution in [0.2, 0.25) is 0 Å². The Balaban J connectivity index is 2.08. The third kappa shape index (κ3) is 5.15. The van der Waals surface area contributed by atoms with E-state index in [2.05, 4.69) is 10.1 Å². The van der Waals surface area contributed by atoms with E-state index in [1.54, 1.807) is 48.5 Å². The van der Waals surface area contributed by atoms with Crippen molar-refractivity contribution in [1.82, 2.24) is 5.32 Å².